The van der Waals surface area contributed by atoms with Crippen molar-refractivity contribution in [2.75, 3.05) is 18.4 Å². The first-order chi connectivity index (χ1) is 14.2. The highest BCUT2D eigenvalue weighted by Crippen LogP contribution is 2.28. The highest BCUT2D eigenvalue weighted by atomic mass is 16.6. The summed E-state index contributed by atoms with van der Waals surface area (Å²) in [5, 5.41) is 24.2. The quantitative estimate of drug-likeness (QED) is 0.482. The van der Waals surface area contributed by atoms with Gasteiger partial charge in [0.2, 0.25) is 5.82 Å². The van der Waals surface area contributed by atoms with E-state index in [9.17, 15) is 10.1 Å². The molecule has 29 heavy (non-hydrogen) atoms. The Morgan fingerprint density at radius 1 is 1.34 bits per heavy atom. The van der Waals surface area contributed by atoms with Crippen LogP contribution in [0.1, 0.15) is 19.3 Å². The number of rotatable bonds is 7. The second-order valence-electron chi connectivity index (χ2n) is 7.24. The molecule has 1 atom stereocenters. The molecule has 3 aromatic rings. The molecule has 1 aromatic carbocycles. The third-order valence-electron chi connectivity index (χ3n) is 5.43. The lowest BCUT2D eigenvalue weighted by atomic mass is 10.2. The minimum Gasteiger partial charge on any atom is -0.346 e. The molecule has 8 nitrogen and oxygen atoms in total. The van der Waals surface area contributed by atoms with Gasteiger partial charge in [0.25, 0.3) is 0 Å². The molecule has 1 N–H and O–H groups in total. The predicted octanol–water partition coefficient (Wildman–Crippen LogP) is 4.07. The minimum absolute atomic E-state index is 0.0520. The van der Waals surface area contributed by atoms with Crippen molar-refractivity contribution in [1.29, 1.82) is 5.26 Å². The summed E-state index contributed by atoms with van der Waals surface area (Å²) in [6, 6.07) is 13.7. The Morgan fingerprint density at radius 2 is 2.24 bits per heavy atom. The summed E-state index contributed by atoms with van der Waals surface area (Å²) < 4.78 is 2.25. The molecule has 0 bridgehead atoms. The maximum Gasteiger partial charge on any atom is 0.311 e. The lowest BCUT2D eigenvalue weighted by Gasteiger charge is -2.24. The fourth-order valence-corrected chi connectivity index (χ4v) is 4.03. The summed E-state index contributed by atoms with van der Waals surface area (Å²) in [5.74, 6) is 0.232. The molecule has 1 saturated heterocycles. The third-order valence-corrected chi connectivity index (χ3v) is 5.43. The summed E-state index contributed by atoms with van der Waals surface area (Å²) in [6.07, 6.45) is 6.50. The fourth-order valence-electron chi connectivity index (χ4n) is 4.03. The van der Waals surface area contributed by atoms with E-state index in [1.807, 2.05) is 18.2 Å². The number of fused-ring (bicyclic) bond motifs is 1. The predicted molar refractivity (Wildman–Crippen MR) is 111 cm³/mol. The first-order valence-corrected chi connectivity index (χ1v) is 9.72. The second-order valence-corrected chi connectivity index (χ2v) is 7.24. The summed E-state index contributed by atoms with van der Waals surface area (Å²) in [4.78, 5) is 17.2. The van der Waals surface area contributed by atoms with Gasteiger partial charge in [-0.1, -0.05) is 0 Å². The number of nitrogens with one attached hydrogen (secondary N) is 1. The number of benzene rings is 1. The van der Waals surface area contributed by atoms with Gasteiger partial charge in [0.15, 0.2) is 0 Å². The molecule has 0 amide bonds. The number of hydrogen-bond donors (Lipinski definition) is 1. The van der Waals surface area contributed by atoms with E-state index in [2.05, 4.69) is 38.1 Å². The zero-order chi connectivity index (χ0) is 20.2. The first kappa shape index (κ1) is 18.9. The molecule has 148 valence electrons. The number of nitro groups is 1. The summed E-state index contributed by atoms with van der Waals surface area (Å²) in [6.45, 7) is 2.78. The van der Waals surface area contributed by atoms with Crippen LogP contribution in [0.2, 0.25) is 0 Å². The first-order valence-electron chi connectivity index (χ1n) is 9.72. The third kappa shape index (κ3) is 4.05. The maximum atomic E-state index is 11.2. The SMILES string of the molecule is N#CCCN1CCC[C@@H]1Cn1ccc2cc(Nc3ncccc3[N+](=O)[O-])ccc21. The van der Waals surface area contributed by atoms with Crippen LogP contribution >= 0.6 is 0 Å². The largest absolute Gasteiger partial charge is 0.346 e. The van der Waals surface area contributed by atoms with Crippen molar-refractivity contribution >= 4 is 28.1 Å². The smallest absolute Gasteiger partial charge is 0.311 e. The van der Waals surface area contributed by atoms with Crippen molar-refractivity contribution < 1.29 is 4.92 Å². The standard InChI is InChI=1S/C21H22N6O2/c22-9-3-12-25-11-2-4-18(25)15-26-13-8-16-14-17(6-7-19(16)26)24-21-20(27(28)29)5-1-10-23-21/h1,5-8,10,13-14,18H,2-4,11-12,15H2,(H,23,24)/t18-/m1/s1. The molecule has 4 rings (SSSR count). The van der Waals surface area contributed by atoms with Gasteiger partial charge in [0.05, 0.1) is 11.0 Å². The zero-order valence-electron chi connectivity index (χ0n) is 16.0. The number of likely N-dealkylation sites (tertiary alicyclic amines) is 1. The fraction of sp³-hybridized carbons (Fsp3) is 0.333. The average Bonchev–Trinajstić information content (AvgIpc) is 3.33. The van der Waals surface area contributed by atoms with Gasteiger partial charge in [-0.3, -0.25) is 15.0 Å². The van der Waals surface area contributed by atoms with E-state index in [0.717, 1.165) is 42.6 Å². The summed E-state index contributed by atoms with van der Waals surface area (Å²) in [5.41, 5.74) is 1.83. The molecular weight excluding hydrogens is 368 g/mol. The van der Waals surface area contributed by atoms with Crippen molar-refractivity contribution in [3.8, 4) is 6.07 Å². The Kier molecular flexibility index (Phi) is 5.40. The van der Waals surface area contributed by atoms with E-state index in [0.29, 0.717) is 12.5 Å². The Morgan fingerprint density at radius 3 is 3.07 bits per heavy atom. The lowest BCUT2D eigenvalue weighted by molar-refractivity contribution is -0.384. The molecule has 2 aromatic heterocycles. The molecule has 1 aliphatic rings. The number of anilines is 2. The number of nitriles is 1. The van der Waals surface area contributed by atoms with Gasteiger partial charge in [-0.05, 0) is 49.7 Å². The van der Waals surface area contributed by atoms with Gasteiger partial charge in [-0.2, -0.15) is 5.26 Å². The molecule has 8 heteroatoms. The average molecular weight is 390 g/mol. The van der Waals surface area contributed by atoms with Crippen molar-refractivity contribution in [3.05, 3.63) is 58.9 Å². The molecule has 0 unspecified atom stereocenters. The van der Waals surface area contributed by atoms with Crippen LogP contribution in [0.25, 0.3) is 10.9 Å². The normalized spacial score (nSPS) is 16.7. The van der Waals surface area contributed by atoms with Crippen LogP contribution in [0, 0.1) is 21.4 Å². The van der Waals surface area contributed by atoms with E-state index in [1.165, 1.54) is 18.7 Å². The molecule has 1 fully saturated rings. The molecule has 0 aliphatic carbocycles. The van der Waals surface area contributed by atoms with E-state index in [1.54, 1.807) is 6.07 Å². The highest BCUT2D eigenvalue weighted by Gasteiger charge is 2.24. The van der Waals surface area contributed by atoms with E-state index < -0.39 is 4.92 Å². The van der Waals surface area contributed by atoms with E-state index >= 15 is 0 Å². The van der Waals surface area contributed by atoms with Crippen LogP contribution in [-0.4, -0.2) is 38.5 Å². The van der Waals surface area contributed by atoms with Gasteiger partial charge in [0.1, 0.15) is 0 Å². The molecule has 1 aliphatic heterocycles. The Labute approximate surface area is 168 Å². The van der Waals surface area contributed by atoms with Gasteiger partial charge in [-0.25, -0.2) is 4.98 Å². The van der Waals surface area contributed by atoms with Crippen LogP contribution in [0.4, 0.5) is 17.2 Å². The monoisotopic (exact) mass is 390 g/mol. The van der Waals surface area contributed by atoms with E-state index in [4.69, 9.17) is 5.26 Å². The summed E-state index contributed by atoms with van der Waals surface area (Å²) in [7, 11) is 0. The summed E-state index contributed by atoms with van der Waals surface area (Å²) >= 11 is 0. The van der Waals surface area contributed by atoms with Gasteiger partial charge >= 0.3 is 5.69 Å². The van der Waals surface area contributed by atoms with Crippen LogP contribution in [0.15, 0.2) is 48.8 Å². The van der Waals surface area contributed by atoms with Gasteiger partial charge in [-0.15, -0.1) is 0 Å². The maximum absolute atomic E-state index is 11.2. The number of nitrogens with zero attached hydrogens (tertiary/aromatic N) is 5. The van der Waals surface area contributed by atoms with Crippen LogP contribution in [0.3, 0.4) is 0 Å². The minimum atomic E-state index is -0.440. The second kappa shape index (κ2) is 8.29. The molecule has 0 spiro atoms. The van der Waals surface area contributed by atoms with Crippen molar-refractivity contribution in [2.24, 2.45) is 0 Å². The topological polar surface area (TPSA) is 100 Å². The van der Waals surface area contributed by atoms with Crippen molar-refractivity contribution in [2.45, 2.75) is 31.8 Å². The van der Waals surface area contributed by atoms with Crippen molar-refractivity contribution in [3.63, 3.8) is 0 Å². The number of aromatic nitrogens is 2. The Hall–Kier alpha value is -3.44. The molecule has 0 saturated carbocycles. The number of pyridine rings is 1. The molecule has 0 radical (unpaired) electrons. The Bertz CT molecular complexity index is 1070. The zero-order valence-corrected chi connectivity index (χ0v) is 16.0. The van der Waals surface area contributed by atoms with Crippen LogP contribution in [-0.2, 0) is 6.54 Å². The number of hydrogen-bond acceptors (Lipinski definition) is 6. The van der Waals surface area contributed by atoms with Gasteiger partial charge < -0.3 is 9.88 Å². The van der Waals surface area contributed by atoms with Gasteiger partial charge in [0, 0.05) is 60.6 Å². The Balaban J connectivity index is 1.52. The van der Waals surface area contributed by atoms with Crippen molar-refractivity contribution in [1.82, 2.24) is 14.5 Å². The molecule has 3 heterocycles. The molecular formula is C21H22N6O2. The van der Waals surface area contributed by atoms with E-state index in [-0.39, 0.29) is 11.5 Å². The van der Waals surface area contributed by atoms with Crippen LogP contribution < -0.4 is 5.32 Å². The highest BCUT2D eigenvalue weighted by molar-refractivity contribution is 5.85. The lowest BCUT2D eigenvalue weighted by Crippen LogP contribution is -2.33. The van der Waals surface area contributed by atoms with Crippen LogP contribution in [0.5, 0.6) is 0 Å².